The van der Waals surface area contributed by atoms with Crippen molar-refractivity contribution in [2.24, 2.45) is 5.84 Å². The fourth-order valence-corrected chi connectivity index (χ4v) is 1.30. The van der Waals surface area contributed by atoms with E-state index in [1.54, 1.807) is 18.3 Å². The zero-order chi connectivity index (χ0) is 11.4. The number of nitrogens with two attached hydrogens (primary N) is 1. The molecule has 0 aliphatic carbocycles. The number of nitrogens with one attached hydrogen (secondary N) is 1. The molecular weight excluding hydrogens is 202 g/mol. The average Bonchev–Trinajstić information content (AvgIpc) is 2.32. The Morgan fingerprint density at radius 2 is 1.88 bits per heavy atom. The Balaban J connectivity index is 2.16. The molecule has 0 unspecified atom stereocenters. The standard InChI is InChI=1S/C12H13N3O/c1-9-2-4-10(5-3-9)16-11-6-7-14-12(8-11)15-13/h2-8H,13H2,1H3,(H,14,15). The number of hydrogen-bond donors (Lipinski definition) is 2. The monoisotopic (exact) mass is 215 g/mol. The molecule has 0 amide bonds. The summed E-state index contributed by atoms with van der Waals surface area (Å²) in [5, 5.41) is 0. The number of nitrogen functional groups attached to an aromatic ring is 1. The number of nitrogens with zero attached hydrogens (tertiary/aromatic N) is 1. The first kappa shape index (κ1) is 10.4. The molecular formula is C12H13N3O. The molecule has 2 aromatic rings. The number of anilines is 1. The van der Waals surface area contributed by atoms with Crippen LogP contribution in [-0.2, 0) is 0 Å². The Bertz CT molecular complexity index is 468. The topological polar surface area (TPSA) is 60.2 Å². The van der Waals surface area contributed by atoms with E-state index in [4.69, 9.17) is 10.6 Å². The molecule has 0 fully saturated rings. The maximum Gasteiger partial charge on any atom is 0.143 e. The summed E-state index contributed by atoms with van der Waals surface area (Å²) in [5.74, 6) is 7.33. The average molecular weight is 215 g/mol. The van der Waals surface area contributed by atoms with Crippen LogP contribution in [0.2, 0.25) is 0 Å². The van der Waals surface area contributed by atoms with Crippen LogP contribution >= 0.6 is 0 Å². The lowest BCUT2D eigenvalue weighted by atomic mass is 10.2. The minimum atomic E-state index is 0.574. The number of aromatic nitrogens is 1. The molecule has 3 N–H and O–H groups in total. The summed E-state index contributed by atoms with van der Waals surface area (Å²) in [5.41, 5.74) is 3.67. The summed E-state index contributed by atoms with van der Waals surface area (Å²) in [6, 6.07) is 11.4. The first-order valence-corrected chi connectivity index (χ1v) is 4.95. The Hall–Kier alpha value is -2.07. The maximum absolute atomic E-state index is 5.64. The number of benzene rings is 1. The van der Waals surface area contributed by atoms with Crippen LogP contribution in [0.25, 0.3) is 0 Å². The van der Waals surface area contributed by atoms with Gasteiger partial charge in [-0.05, 0) is 25.1 Å². The van der Waals surface area contributed by atoms with Crippen LogP contribution in [0.5, 0.6) is 11.5 Å². The summed E-state index contributed by atoms with van der Waals surface area (Å²) in [7, 11) is 0. The van der Waals surface area contributed by atoms with E-state index >= 15 is 0 Å². The fraction of sp³-hybridized carbons (Fsp3) is 0.0833. The van der Waals surface area contributed by atoms with Gasteiger partial charge < -0.3 is 10.2 Å². The molecule has 0 spiro atoms. The molecule has 0 radical (unpaired) electrons. The van der Waals surface area contributed by atoms with Gasteiger partial charge in [0.25, 0.3) is 0 Å². The maximum atomic E-state index is 5.64. The molecule has 1 aromatic heterocycles. The predicted molar refractivity (Wildman–Crippen MR) is 63.3 cm³/mol. The van der Waals surface area contributed by atoms with Crippen molar-refractivity contribution in [3.63, 3.8) is 0 Å². The van der Waals surface area contributed by atoms with E-state index in [-0.39, 0.29) is 0 Å². The van der Waals surface area contributed by atoms with E-state index in [9.17, 15) is 0 Å². The SMILES string of the molecule is Cc1ccc(Oc2ccnc(NN)c2)cc1. The highest BCUT2D eigenvalue weighted by Crippen LogP contribution is 2.22. The summed E-state index contributed by atoms with van der Waals surface area (Å²) in [6.45, 7) is 2.03. The molecule has 0 saturated heterocycles. The second kappa shape index (κ2) is 4.63. The molecule has 0 aliphatic heterocycles. The Labute approximate surface area is 94.0 Å². The van der Waals surface area contributed by atoms with Gasteiger partial charge in [-0.1, -0.05) is 17.7 Å². The second-order valence-corrected chi connectivity index (χ2v) is 3.44. The van der Waals surface area contributed by atoms with Crippen molar-refractivity contribution in [2.45, 2.75) is 6.92 Å². The normalized spacial score (nSPS) is 9.88. The first-order valence-electron chi connectivity index (χ1n) is 4.95. The van der Waals surface area contributed by atoms with Crippen molar-refractivity contribution in [2.75, 3.05) is 5.43 Å². The minimum absolute atomic E-state index is 0.574. The lowest BCUT2D eigenvalue weighted by Gasteiger charge is -2.06. The predicted octanol–water partition coefficient (Wildman–Crippen LogP) is 2.47. The highest BCUT2D eigenvalue weighted by atomic mass is 16.5. The molecule has 0 saturated carbocycles. The lowest BCUT2D eigenvalue weighted by Crippen LogP contribution is -2.08. The molecule has 2 rings (SSSR count). The quantitative estimate of drug-likeness (QED) is 0.610. The Kier molecular flexibility index (Phi) is 3.03. The number of ether oxygens (including phenoxy) is 1. The van der Waals surface area contributed by atoms with Gasteiger partial charge in [0.2, 0.25) is 0 Å². The Morgan fingerprint density at radius 1 is 1.12 bits per heavy atom. The van der Waals surface area contributed by atoms with E-state index in [2.05, 4.69) is 10.4 Å². The summed E-state index contributed by atoms with van der Waals surface area (Å²) in [4.78, 5) is 4.00. The van der Waals surface area contributed by atoms with Crippen LogP contribution in [0, 0.1) is 6.92 Å². The third-order valence-electron chi connectivity index (χ3n) is 2.14. The summed E-state index contributed by atoms with van der Waals surface area (Å²) in [6.07, 6.45) is 1.64. The highest BCUT2D eigenvalue weighted by molar-refractivity contribution is 5.41. The fourth-order valence-electron chi connectivity index (χ4n) is 1.30. The van der Waals surface area contributed by atoms with Gasteiger partial charge in [-0.3, -0.25) is 0 Å². The van der Waals surface area contributed by atoms with Crippen LogP contribution < -0.4 is 16.0 Å². The third kappa shape index (κ3) is 2.49. The number of pyridine rings is 1. The van der Waals surface area contributed by atoms with E-state index < -0.39 is 0 Å². The number of rotatable bonds is 3. The van der Waals surface area contributed by atoms with Crippen molar-refractivity contribution in [3.05, 3.63) is 48.2 Å². The smallest absolute Gasteiger partial charge is 0.143 e. The number of hydrogen-bond acceptors (Lipinski definition) is 4. The number of aryl methyl sites for hydroxylation is 1. The zero-order valence-corrected chi connectivity index (χ0v) is 8.97. The minimum Gasteiger partial charge on any atom is -0.457 e. The molecule has 0 bridgehead atoms. The van der Waals surface area contributed by atoms with E-state index in [0.717, 1.165) is 5.75 Å². The van der Waals surface area contributed by atoms with Crippen LogP contribution in [0.4, 0.5) is 5.82 Å². The van der Waals surface area contributed by atoms with Gasteiger partial charge in [-0.25, -0.2) is 10.8 Å². The van der Waals surface area contributed by atoms with Gasteiger partial charge in [-0.2, -0.15) is 0 Å². The van der Waals surface area contributed by atoms with Crippen molar-refractivity contribution >= 4 is 5.82 Å². The molecule has 1 aromatic carbocycles. The van der Waals surface area contributed by atoms with Gasteiger partial charge in [0, 0.05) is 12.3 Å². The van der Waals surface area contributed by atoms with Crippen LogP contribution in [-0.4, -0.2) is 4.98 Å². The third-order valence-corrected chi connectivity index (χ3v) is 2.14. The van der Waals surface area contributed by atoms with Gasteiger partial charge in [0.15, 0.2) is 0 Å². The van der Waals surface area contributed by atoms with Gasteiger partial charge in [0.1, 0.15) is 17.3 Å². The molecule has 4 nitrogen and oxygen atoms in total. The van der Waals surface area contributed by atoms with Gasteiger partial charge >= 0.3 is 0 Å². The molecule has 82 valence electrons. The lowest BCUT2D eigenvalue weighted by molar-refractivity contribution is 0.482. The highest BCUT2D eigenvalue weighted by Gasteiger charge is 1.98. The van der Waals surface area contributed by atoms with Gasteiger partial charge in [0.05, 0.1) is 0 Å². The van der Waals surface area contributed by atoms with Crippen molar-refractivity contribution in [1.29, 1.82) is 0 Å². The second-order valence-electron chi connectivity index (χ2n) is 3.44. The zero-order valence-electron chi connectivity index (χ0n) is 8.97. The van der Waals surface area contributed by atoms with E-state index in [1.807, 2.05) is 31.2 Å². The Morgan fingerprint density at radius 3 is 2.56 bits per heavy atom. The van der Waals surface area contributed by atoms with E-state index in [0.29, 0.717) is 11.6 Å². The first-order chi connectivity index (χ1) is 7.78. The molecule has 0 aliphatic rings. The van der Waals surface area contributed by atoms with Crippen LogP contribution in [0.3, 0.4) is 0 Å². The van der Waals surface area contributed by atoms with Crippen LogP contribution in [0.15, 0.2) is 42.6 Å². The van der Waals surface area contributed by atoms with Crippen LogP contribution in [0.1, 0.15) is 5.56 Å². The van der Waals surface area contributed by atoms with Crippen molar-refractivity contribution < 1.29 is 4.74 Å². The molecule has 1 heterocycles. The van der Waals surface area contributed by atoms with Crippen molar-refractivity contribution in [1.82, 2.24) is 4.98 Å². The largest absolute Gasteiger partial charge is 0.457 e. The molecule has 0 atom stereocenters. The number of hydrazine groups is 1. The van der Waals surface area contributed by atoms with Crippen molar-refractivity contribution in [3.8, 4) is 11.5 Å². The summed E-state index contributed by atoms with van der Waals surface area (Å²) < 4.78 is 5.64. The molecule has 4 heteroatoms. The van der Waals surface area contributed by atoms with E-state index in [1.165, 1.54) is 5.56 Å². The molecule has 16 heavy (non-hydrogen) atoms. The van der Waals surface area contributed by atoms with Gasteiger partial charge in [-0.15, -0.1) is 0 Å². The summed E-state index contributed by atoms with van der Waals surface area (Å²) >= 11 is 0.